The minimum atomic E-state index is -0.890. The fourth-order valence-corrected chi connectivity index (χ4v) is 3.57. The van der Waals surface area contributed by atoms with E-state index in [1.165, 1.54) is 6.07 Å². The van der Waals surface area contributed by atoms with Crippen LogP contribution >= 0.6 is 0 Å². The number of anilines is 2. The van der Waals surface area contributed by atoms with Crippen LogP contribution in [-0.4, -0.2) is 32.1 Å². The second kappa shape index (κ2) is 6.44. The molecule has 0 radical (unpaired) electrons. The Morgan fingerprint density at radius 1 is 1.00 bits per heavy atom. The summed E-state index contributed by atoms with van der Waals surface area (Å²) in [6.45, 7) is 3.92. The van der Waals surface area contributed by atoms with Gasteiger partial charge < -0.3 is 15.1 Å². The lowest BCUT2D eigenvalue weighted by Crippen LogP contribution is -2.43. The van der Waals surface area contributed by atoms with Crippen LogP contribution in [-0.2, 0) is 17.8 Å². The molecule has 0 atom stereocenters. The number of halogens is 2. The van der Waals surface area contributed by atoms with Crippen LogP contribution in [0.1, 0.15) is 11.1 Å². The van der Waals surface area contributed by atoms with Crippen LogP contribution in [0.25, 0.3) is 0 Å². The van der Waals surface area contributed by atoms with Crippen molar-refractivity contribution in [3.8, 4) is 0 Å². The predicted molar refractivity (Wildman–Crippen MR) is 92.8 cm³/mol. The Hall–Kier alpha value is -2.47. The Morgan fingerprint density at radius 3 is 2.52 bits per heavy atom. The van der Waals surface area contributed by atoms with E-state index in [-0.39, 0.29) is 12.5 Å². The number of nitrogens with one attached hydrogen (secondary N) is 1. The number of fused-ring (bicyclic) bond motifs is 1. The van der Waals surface area contributed by atoms with Gasteiger partial charge in [0.05, 0.1) is 13.0 Å². The summed E-state index contributed by atoms with van der Waals surface area (Å²) in [6.07, 6.45) is 0.346. The van der Waals surface area contributed by atoms with Crippen molar-refractivity contribution in [2.75, 3.05) is 36.0 Å². The highest BCUT2D eigenvalue weighted by atomic mass is 19.2. The van der Waals surface area contributed by atoms with Gasteiger partial charge in [0, 0.05) is 43.1 Å². The lowest BCUT2D eigenvalue weighted by Gasteiger charge is -2.31. The Morgan fingerprint density at radius 2 is 1.76 bits per heavy atom. The van der Waals surface area contributed by atoms with Crippen molar-refractivity contribution in [1.82, 2.24) is 5.32 Å². The zero-order chi connectivity index (χ0) is 17.4. The van der Waals surface area contributed by atoms with Gasteiger partial charge >= 0.3 is 0 Å². The molecule has 130 valence electrons. The molecule has 2 heterocycles. The van der Waals surface area contributed by atoms with Crippen molar-refractivity contribution < 1.29 is 13.6 Å². The molecular formula is C19H19F2N3O. The van der Waals surface area contributed by atoms with Crippen LogP contribution in [0.15, 0.2) is 36.4 Å². The van der Waals surface area contributed by atoms with Gasteiger partial charge in [0.1, 0.15) is 0 Å². The molecule has 1 amide bonds. The molecule has 2 aliphatic heterocycles. The number of hydrogen-bond donors (Lipinski definition) is 1. The smallest absolute Gasteiger partial charge is 0.231 e. The fourth-order valence-electron chi connectivity index (χ4n) is 3.57. The van der Waals surface area contributed by atoms with Gasteiger partial charge in [0.2, 0.25) is 5.91 Å². The molecule has 2 aromatic rings. The van der Waals surface area contributed by atoms with E-state index in [1.54, 1.807) is 4.90 Å². The molecule has 0 aromatic heterocycles. The number of piperazine rings is 1. The van der Waals surface area contributed by atoms with Crippen molar-refractivity contribution in [2.24, 2.45) is 0 Å². The number of rotatable bonds is 3. The molecule has 1 fully saturated rings. The number of amides is 1. The van der Waals surface area contributed by atoms with Crippen molar-refractivity contribution in [3.63, 3.8) is 0 Å². The first-order valence-electron chi connectivity index (χ1n) is 8.45. The zero-order valence-electron chi connectivity index (χ0n) is 13.8. The second-order valence-electron chi connectivity index (χ2n) is 6.42. The van der Waals surface area contributed by atoms with Gasteiger partial charge in [-0.05, 0) is 29.8 Å². The van der Waals surface area contributed by atoms with Crippen molar-refractivity contribution >= 4 is 17.3 Å². The summed E-state index contributed by atoms with van der Waals surface area (Å²) in [4.78, 5) is 16.5. The van der Waals surface area contributed by atoms with Gasteiger partial charge in [-0.15, -0.1) is 0 Å². The van der Waals surface area contributed by atoms with Gasteiger partial charge in [-0.2, -0.15) is 0 Å². The van der Waals surface area contributed by atoms with E-state index in [4.69, 9.17) is 0 Å². The summed E-state index contributed by atoms with van der Waals surface area (Å²) >= 11 is 0. The summed E-state index contributed by atoms with van der Waals surface area (Å²) < 4.78 is 26.6. The van der Waals surface area contributed by atoms with Crippen LogP contribution in [0.4, 0.5) is 20.2 Å². The van der Waals surface area contributed by atoms with E-state index < -0.39 is 11.6 Å². The number of nitrogens with zero attached hydrogens (tertiary/aromatic N) is 2. The van der Waals surface area contributed by atoms with Crippen LogP contribution in [0, 0.1) is 11.6 Å². The molecule has 4 rings (SSSR count). The molecule has 6 heteroatoms. The van der Waals surface area contributed by atoms with E-state index in [0.29, 0.717) is 12.0 Å². The molecule has 1 N–H and O–H groups in total. The third kappa shape index (κ3) is 2.98. The highest BCUT2D eigenvalue weighted by Gasteiger charge is 2.31. The average molecular weight is 343 g/mol. The first-order chi connectivity index (χ1) is 12.1. The molecule has 1 saturated heterocycles. The molecule has 0 spiro atoms. The molecule has 0 unspecified atom stereocenters. The fraction of sp³-hybridized carbons (Fsp3) is 0.316. The highest BCUT2D eigenvalue weighted by molar-refractivity contribution is 6.03. The van der Waals surface area contributed by atoms with E-state index in [2.05, 4.69) is 16.3 Å². The summed E-state index contributed by atoms with van der Waals surface area (Å²) in [5.74, 6) is -1.78. The second-order valence-corrected chi connectivity index (χ2v) is 6.42. The minimum Gasteiger partial charge on any atom is -0.369 e. The SMILES string of the molecule is O=C1Cc2c(N3CCNCC3)cccc2N1Cc1ccc(F)c(F)c1. The van der Waals surface area contributed by atoms with Crippen molar-refractivity contribution in [3.05, 3.63) is 59.2 Å². The Bertz CT molecular complexity index is 818. The lowest BCUT2D eigenvalue weighted by molar-refractivity contribution is -0.117. The van der Waals surface area contributed by atoms with E-state index in [0.717, 1.165) is 55.2 Å². The van der Waals surface area contributed by atoms with E-state index in [9.17, 15) is 13.6 Å². The topological polar surface area (TPSA) is 35.6 Å². The number of carbonyl (C=O) groups is 1. The summed E-state index contributed by atoms with van der Waals surface area (Å²) in [6, 6.07) is 9.70. The van der Waals surface area contributed by atoms with Gasteiger partial charge in [-0.1, -0.05) is 12.1 Å². The largest absolute Gasteiger partial charge is 0.369 e. The number of hydrogen-bond acceptors (Lipinski definition) is 3. The molecular weight excluding hydrogens is 324 g/mol. The van der Waals surface area contributed by atoms with E-state index in [1.807, 2.05) is 12.1 Å². The molecule has 25 heavy (non-hydrogen) atoms. The maximum absolute atomic E-state index is 13.5. The lowest BCUT2D eigenvalue weighted by atomic mass is 10.1. The minimum absolute atomic E-state index is 0.0117. The van der Waals surface area contributed by atoms with Gasteiger partial charge in [-0.3, -0.25) is 4.79 Å². The number of carbonyl (C=O) groups excluding carboxylic acids is 1. The van der Waals surface area contributed by atoms with Gasteiger partial charge in [0.25, 0.3) is 0 Å². The van der Waals surface area contributed by atoms with Crippen molar-refractivity contribution in [1.29, 1.82) is 0 Å². The molecule has 2 aromatic carbocycles. The summed E-state index contributed by atoms with van der Waals surface area (Å²) in [5.41, 5.74) is 3.57. The predicted octanol–water partition coefficient (Wildman–Crippen LogP) is 2.46. The molecule has 0 bridgehead atoms. The molecule has 4 nitrogen and oxygen atoms in total. The Kier molecular flexibility index (Phi) is 4.13. The Labute approximate surface area is 145 Å². The first-order valence-corrected chi connectivity index (χ1v) is 8.45. The maximum atomic E-state index is 13.5. The molecule has 2 aliphatic rings. The van der Waals surface area contributed by atoms with Crippen LogP contribution in [0.3, 0.4) is 0 Å². The van der Waals surface area contributed by atoms with Gasteiger partial charge in [-0.25, -0.2) is 8.78 Å². The van der Waals surface area contributed by atoms with Crippen LogP contribution in [0.2, 0.25) is 0 Å². The highest BCUT2D eigenvalue weighted by Crippen LogP contribution is 2.37. The van der Waals surface area contributed by atoms with E-state index >= 15 is 0 Å². The monoisotopic (exact) mass is 343 g/mol. The first kappa shape index (κ1) is 16.0. The quantitative estimate of drug-likeness (QED) is 0.930. The standard InChI is InChI=1S/C19H19F2N3O/c20-15-5-4-13(10-16(15)21)12-24-18-3-1-2-17(14(18)11-19(24)25)23-8-6-22-7-9-23/h1-5,10,22H,6-9,11-12H2. The summed E-state index contributed by atoms with van der Waals surface area (Å²) in [7, 11) is 0. The molecule has 0 aliphatic carbocycles. The average Bonchev–Trinajstić information content (AvgIpc) is 2.94. The zero-order valence-corrected chi connectivity index (χ0v) is 13.8. The van der Waals surface area contributed by atoms with Crippen LogP contribution < -0.4 is 15.1 Å². The van der Waals surface area contributed by atoms with Crippen molar-refractivity contribution in [2.45, 2.75) is 13.0 Å². The van der Waals surface area contributed by atoms with Gasteiger partial charge in [0.15, 0.2) is 11.6 Å². The van der Waals surface area contributed by atoms with Crippen LogP contribution in [0.5, 0.6) is 0 Å². The summed E-state index contributed by atoms with van der Waals surface area (Å²) in [5, 5.41) is 3.33. The maximum Gasteiger partial charge on any atom is 0.231 e. The molecule has 0 saturated carbocycles. The third-order valence-corrected chi connectivity index (χ3v) is 4.83. The Balaban J connectivity index is 1.64. The number of benzene rings is 2. The normalized spacial score (nSPS) is 17.1. The third-order valence-electron chi connectivity index (χ3n) is 4.83.